The first kappa shape index (κ1) is 29.3. The van der Waals surface area contributed by atoms with Gasteiger partial charge in [-0.25, -0.2) is 18.2 Å². The van der Waals surface area contributed by atoms with Crippen molar-refractivity contribution in [1.29, 1.82) is 0 Å². The number of amides is 1. The maximum Gasteiger partial charge on any atom is 0.407 e. The number of aliphatic hydroxyl groups is 1. The van der Waals surface area contributed by atoms with Crippen molar-refractivity contribution in [2.24, 2.45) is 11.8 Å². The van der Waals surface area contributed by atoms with E-state index in [0.29, 0.717) is 17.6 Å². The summed E-state index contributed by atoms with van der Waals surface area (Å²) in [5.41, 5.74) is 7.64. The molecule has 41 heavy (non-hydrogen) atoms. The molecule has 3 aromatic rings. The fourth-order valence-corrected chi connectivity index (χ4v) is 7.00. The van der Waals surface area contributed by atoms with E-state index in [1.54, 1.807) is 6.07 Å². The largest absolute Gasteiger partial charge is 0.443 e. The molecule has 0 aliphatic carbocycles. The van der Waals surface area contributed by atoms with Gasteiger partial charge in [-0.1, -0.05) is 44.2 Å². The van der Waals surface area contributed by atoms with Crippen LogP contribution in [0.1, 0.15) is 25.8 Å². The first-order valence-corrected chi connectivity index (χ1v) is 15.2. The number of alkyl carbamates (subject to hydrolysis) is 1. The van der Waals surface area contributed by atoms with Crippen molar-refractivity contribution in [1.82, 2.24) is 19.6 Å². The number of hydrogen-bond donors (Lipinski definition) is 4. The number of nitrogens with one attached hydrogen (secondary N) is 2. The predicted octanol–water partition coefficient (Wildman–Crippen LogP) is 2.25. The standard InChI is InChI=1S/C28H37N5O7S/c1-17(2)14-33(41(36,37)19-8-9-21-22(13-19)31-27(29)30-21)15-24(34)23(12-18-6-4-3-5-7-18)32-28(35)40-25-16-39-26-20(25)10-11-38-26/h3-9,13,17,20,23-26,34H,10-12,14-16H2,1-2H3,(H,32,35)(H3,29,30,31)/t20-,23-,24+,25-,26+/m0/s1. The zero-order chi connectivity index (χ0) is 29.1. The van der Waals surface area contributed by atoms with E-state index in [0.717, 1.165) is 12.0 Å². The number of rotatable bonds is 11. The molecule has 0 saturated carbocycles. The number of aromatic nitrogens is 2. The Kier molecular flexibility index (Phi) is 8.80. The summed E-state index contributed by atoms with van der Waals surface area (Å²) < 4.78 is 45.6. The fraction of sp³-hybridized carbons (Fsp3) is 0.500. The van der Waals surface area contributed by atoms with Gasteiger partial charge in [0.05, 0.1) is 47.2 Å². The number of nitrogens with two attached hydrogens (primary N) is 1. The summed E-state index contributed by atoms with van der Waals surface area (Å²) >= 11 is 0. The van der Waals surface area contributed by atoms with Gasteiger partial charge in [-0.15, -0.1) is 0 Å². The smallest absolute Gasteiger partial charge is 0.407 e. The second-order valence-corrected chi connectivity index (χ2v) is 12.9. The molecule has 2 aliphatic heterocycles. The third-order valence-electron chi connectivity index (χ3n) is 7.38. The van der Waals surface area contributed by atoms with Crippen molar-refractivity contribution < 1.29 is 32.5 Å². The topological polar surface area (TPSA) is 169 Å². The fourth-order valence-electron chi connectivity index (χ4n) is 5.35. The van der Waals surface area contributed by atoms with Crippen LogP contribution >= 0.6 is 0 Å². The lowest BCUT2D eigenvalue weighted by atomic mass is 10.0. The summed E-state index contributed by atoms with van der Waals surface area (Å²) in [5, 5.41) is 14.2. The number of sulfonamides is 1. The Hall–Kier alpha value is -3.23. The number of fused-ring (bicyclic) bond motifs is 2. The lowest BCUT2D eigenvalue weighted by Gasteiger charge is -2.31. The molecule has 0 bridgehead atoms. The lowest BCUT2D eigenvalue weighted by Crippen LogP contribution is -2.51. The van der Waals surface area contributed by atoms with Crippen LogP contribution < -0.4 is 11.1 Å². The molecule has 0 unspecified atom stereocenters. The van der Waals surface area contributed by atoms with Crippen molar-refractivity contribution in [3.63, 3.8) is 0 Å². The molecule has 2 fully saturated rings. The minimum Gasteiger partial charge on any atom is -0.443 e. The summed E-state index contributed by atoms with van der Waals surface area (Å²) in [7, 11) is -4.03. The van der Waals surface area contributed by atoms with Crippen LogP contribution in [0.3, 0.4) is 0 Å². The molecule has 0 spiro atoms. The van der Waals surface area contributed by atoms with Gasteiger partial charge in [0.1, 0.15) is 6.10 Å². The number of benzene rings is 2. The van der Waals surface area contributed by atoms with Crippen LogP contribution in [0.4, 0.5) is 10.7 Å². The number of ether oxygens (including phenoxy) is 3. The highest BCUT2D eigenvalue weighted by Gasteiger charge is 2.44. The van der Waals surface area contributed by atoms with E-state index in [9.17, 15) is 18.3 Å². The second-order valence-electron chi connectivity index (χ2n) is 11.0. The van der Waals surface area contributed by atoms with Crippen molar-refractivity contribution in [3.8, 4) is 0 Å². The van der Waals surface area contributed by atoms with Gasteiger partial charge in [0.15, 0.2) is 12.2 Å². The average Bonchev–Trinajstić information content (AvgIpc) is 3.64. The van der Waals surface area contributed by atoms with Gasteiger partial charge in [0.25, 0.3) is 0 Å². The van der Waals surface area contributed by atoms with Gasteiger partial charge in [-0.2, -0.15) is 4.31 Å². The molecule has 12 nitrogen and oxygen atoms in total. The van der Waals surface area contributed by atoms with Gasteiger partial charge in [0.2, 0.25) is 10.0 Å². The molecular formula is C28H37N5O7S. The Morgan fingerprint density at radius 2 is 2.00 bits per heavy atom. The van der Waals surface area contributed by atoms with E-state index >= 15 is 0 Å². The maximum absolute atomic E-state index is 13.8. The molecule has 3 heterocycles. The van der Waals surface area contributed by atoms with Crippen molar-refractivity contribution in [2.45, 2.75) is 56.1 Å². The Balaban J connectivity index is 1.35. The number of nitrogen functional groups attached to an aromatic ring is 1. The summed E-state index contributed by atoms with van der Waals surface area (Å²) in [6, 6.07) is 13.1. The number of aliphatic hydroxyl groups excluding tert-OH is 1. The van der Waals surface area contributed by atoms with Gasteiger partial charge < -0.3 is 35.4 Å². The SMILES string of the molecule is CC(C)CN(C[C@@H](O)[C@H](Cc1ccccc1)NC(=O)O[C@H]1CO[C@H]2OCC[C@H]21)S(=O)(=O)c1ccc2nc(N)[nH]c2c1. The molecular weight excluding hydrogens is 550 g/mol. The third-order valence-corrected chi connectivity index (χ3v) is 9.21. The normalized spacial score (nSPS) is 22.2. The Bertz CT molecular complexity index is 1450. The van der Waals surface area contributed by atoms with Crippen LogP contribution in [0.25, 0.3) is 11.0 Å². The van der Waals surface area contributed by atoms with E-state index in [2.05, 4.69) is 15.3 Å². The molecule has 1 aromatic heterocycles. The minimum atomic E-state index is -4.03. The summed E-state index contributed by atoms with van der Waals surface area (Å²) in [4.78, 5) is 20.0. The minimum absolute atomic E-state index is 0.0297. The van der Waals surface area contributed by atoms with E-state index in [1.807, 2.05) is 44.2 Å². The van der Waals surface area contributed by atoms with Crippen molar-refractivity contribution in [2.75, 3.05) is 32.0 Å². The number of carbonyl (C=O) groups is 1. The molecule has 5 N–H and O–H groups in total. The maximum atomic E-state index is 13.8. The number of aromatic amines is 1. The zero-order valence-corrected chi connectivity index (χ0v) is 23.9. The zero-order valence-electron chi connectivity index (χ0n) is 23.1. The first-order valence-electron chi connectivity index (χ1n) is 13.8. The van der Waals surface area contributed by atoms with Crippen LogP contribution in [0, 0.1) is 11.8 Å². The number of imidazole rings is 1. The van der Waals surface area contributed by atoms with Crippen LogP contribution in [0.2, 0.25) is 0 Å². The van der Waals surface area contributed by atoms with Crippen LogP contribution in [-0.4, -0.2) is 84.7 Å². The third kappa shape index (κ3) is 6.81. The highest BCUT2D eigenvalue weighted by molar-refractivity contribution is 7.89. The molecule has 2 aromatic carbocycles. The lowest BCUT2D eigenvalue weighted by molar-refractivity contribution is -0.0907. The van der Waals surface area contributed by atoms with Crippen molar-refractivity contribution in [3.05, 3.63) is 54.1 Å². The van der Waals surface area contributed by atoms with E-state index in [1.165, 1.54) is 16.4 Å². The van der Waals surface area contributed by atoms with Crippen LogP contribution in [-0.2, 0) is 30.7 Å². The Labute approximate surface area is 239 Å². The predicted molar refractivity (Wildman–Crippen MR) is 151 cm³/mol. The molecule has 222 valence electrons. The number of nitrogens with zero attached hydrogens (tertiary/aromatic N) is 2. The van der Waals surface area contributed by atoms with Crippen LogP contribution in [0.5, 0.6) is 0 Å². The monoisotopic (exact) mass is 587 g/mol. The Morgan fingerprint density at radius 3 is 2.76 bits per heavy atom. The van der Waals surface area contributed by atoms with E-state index < -0.39 is 34.4 Å². The van der Waals surface area contributed by atoms with Crippen molar-refractivity contribution >= 4 is 33.1 Å². The molecule has 2 aliphatic rings. The van der Waals surface area contributed by atoms with Gasteiger partial charge in [0, 0.05) is 13.1 Å². The summed E-state index contributed by atoms with van der Waals surface area (Å²) in [6.07, 6.45) is -1.77. The average molecular weight is 588 g/mol. The molecule has 13 heteroatoms. The Morgan fingerprint density at radius 1 is 1.22 bits per heavy atom. The van der Waals surface area contributed by atoms with Gasteiger partial charge in [-0.05, 0) is 42.5 Å². The van der Waals surface area contributed by atoms with E-state index in [4.69, 9.17) is 19.9 Å². The number of carbonyl (C=O) groups excluding carboxylic acids is 1. The number of H-pyrrole nitrogens is 1. The second kappa shape index (κ2) is 12.3. The quantitative estimate of drug-likeness (QED) is 0.263. The number of anilines is 1. The van der Waals surface area contributed by atoms with Gasteiger partial charge in [-0.3, -0.25) is 0 Å². The van der Waals surface area contributed by atoms with Gasteiger partial charge >= 0.3 is 6.09 Å². The first-order chi connectivity index (χ1) is 19.6. The van der Waals surface area contributed by atoms with E-state index in [-0.39, 0.29) is 55.1 Å². The highest BCUT2D eigenvalue weighted by atomic mass is 32.2. The van der Waals surface area contributed by atoms with Crippen LogP contribution in [0.15, 0.2) is 53.4 Å². The summed E-state index contributed by atoms with van der Waals surface area (Å²) in [6.45, 7) is 4.50. The molecule has 1 amide bonds. The highest BCUT2D eigenvalue weighted by Crippen LogP contribution is 2.33. The molecule has 2 saturated heterocycles. The number of hydrogen-bond acceptors (Lipinski definition) is 9. The molecule has 5 atom stereocenters. The summed E-state index contributed by atoms with van der Waals surface area (Å²) in [5.74, 6) is 0.122. The molecule has 0 radical (unpaired) electrons. The molecule has 5 rings (SSSR count).